The molecule has 5 nitrogen and oxygen atoms in total. The predicted molar refractivity (Wildman–Crippen MR) is 100 cm³/mol. The second kappa shape index (κ2) is 5.88. The number of fused-ring (bicyclic) bond motifs is 3. The first-order valence-corrected chi connectivity index (χ1v) is 10.5. The first kappa shape index (κ1) is 17.4. The summed E-state index contributed by atoms with van der Waals surface area (Å²) in [4.78, 5) is 0.117. The van der Waals surface area contributed by atoms with Crippen LogP contribution in [0.25, 0.3) is 11.3 Å². The minimum Gasteiger partial charge on any atom is -0.277 e. The van der Waals surface area contributed by atoms with E-state index < -0.39 is 27.7 Å². The molecule has 0 bridgehead atoms. The number of aryl methyl sites for hydroxylation is 1. The molecule has 0 saturated heterocycles. The number of aromatic nitrogens is 2. The van der Waals surface area contributed by atoms with Crippen LogP contribution >= 0.6 is 0 Å². The van der Waals surface area contributed by atoms with Crippen LogP contribution in [0, 0.1) is 24.5 Å². The lowest BCUT2D eigenvalue weighted by atomic mass is 9.93. The van der Waals surface area contributed by atoms with E-state index in [1.54, 1.807) is 30.5 Å². The number of nitrogens with one attached hydrogen (secondary N) is 1. The number of hydrogen-bond donors (Lipinski definition) is 1. The highest BCUT2D eigenvalue weighted by atomic mass is 32.2. The van der Waals surface area contributed by atoms with Crippen molar-refractivity contribution in [2.45, 2.75) is 30.7 Å². The Bertz CT molecular complexity index is 1180. The third kappa shape index (κ3) is 2.47. The molecular formula is C20H17F2N3O2S. The number of benzene rings is 2. The van der Waals surface area contributed by atoms with Crippen molar-refractivity contribution in [2.75, 3.05) is 4.31 Å². The number of halogens is 2. The molecule has 2 aromatic carbocycles. The van der Waals surface area contributed by atoms with Gasteiger partial charge in [-0.25, -0.2) is 17.2 Å². The Morgan fingerprint density at radius 1 is 1.11 bits per heavy atom. The number of rotatable bonds is 3. The van der Waals surface area contributed by atoms with Gasteiger partial charge in [-0.05, 0) is 43.9 Å². The van der Waals surface area contributed by atoms with Gasteiger partial charge in [0.2, 0.25) is 0 Å². The molecule has 0 spiro atoms. The summed E-state index contributed by atoms with van der Waals surface area (Å²) in [7, 11) is -3.99. The molecule has 1 aliphatic carbocycles. The summed E-state index contributed by atoms with van der Waals surface area (Å²) in [5, 5.41) is 6.89. The van der Waals surface area contributed by atoms with Crippen LogP contribution in [0.5, 0.6) is 0 Å². The standard InChI is InChI=1S/C20H17F2N3O2S/c1-11-2-6-13(7-3-11)28(26,27)25-18-9-17(22)16(21)8-14(18)19-15(10-23-24-19)20(25)12-4-5-12/h2-3,6-10,12,20H,4-5H2,1H3,(H,23,24)/t20-/m1/s1. The van der Waals surface area contributed by atoms with Crippen molar-refractivity contribution < 1.29 is 17.2 Å². The molecule has 0 radical (unpaired) electrons. The quantitative estimate of drug-likeness (QED) is 0.711. The summed E-state index contributed by atoms with van der Waals surface area (Å²) in [6.45, 7) is 1.87. The Kier molecular flexibility index (Phi) is 3.64. The van der Waals surface area contributed by atoms with Crippen molar-refractivity contribution in [2.24, 2.45) is 5.92 Å². The Morgan fingerprint density at radius 2 is 1.79 bits per heavy atom. The van der Waals surface area contributed by atoms with Crippen LogP contribution in [0.1, 0.15) is 30.0 Å². The molecule has 0 amide bonds. The lowest BCUT2D eigenvalue weighted by Crippen LogP contribution is -2.38. The lowest BCUT2D eigenvalue weighted by Gasteiger charge is -2.37. The van der Waals surface area contributed by atoms with Gasteiger partial charge in [-0.15, -0.1) is 0 Å². The summed E-state index contributed by atoms with van der Waals surface area (Å²) >= 11 is 0. The van der Waals surface area contributed by atoms with Crippen molar-refractivity contribution in [3.63, 3.8) is 0 Å². The van der Waals surface area contributed by atoms with E-state index in [4.69, 9.17) is 0 Å². The number of H-pyrrole nitrogens is 1. The van der Waals surface area contributed by atoms with Gasteiger partial charge >= 0.3 is 0 Å². The third-order valence-corrected chi connectivity index (χ3v) is 7.24. The maximum atomic E-state index is 14.1. The maximum Gasteiger partial charge on any atom is 0.264 e. The molecule has 5 rings (SSSR count). The van der Waals surface area contributed by atoms with Gasteiger partial charge in [0, 0.05) is 17.2 Å². The smallest absolute Gasteiger partial charge is 0.264 e. The third-order valence-electron chi connectivity index (χ3n) is 5.43. The van der Waals surface area contributed by atoms with E-state index in [1.165, 1.54) is 4.31 Å². The highest BCUT2D eigenvalue weighted by Crippen LogP contribution is 2.54. The zero-order chi connectivity index (χ0) is 19.6. The second-order valence-electron chi connectivity index (χ2n) is 7.38. The average Bonchev–Trinajstić information content (AvgIpc) is 3.38. The molecule has 2 heterocycles. The first-order valence-electron chi connectivity index (χ1n) is 9.01. The number of aromatic amines is 1. The average molecular weight is 401 g/mol. The number of nitrogens with zero attached hydrogens (tertiary/aromatic N) is 2. The highest BCUT2D eigenvalue weighted by Gasteiger charge is 2.47. The van der Waals surface area contributed by atoms with Crippen molar-refractivity contribution in [3.8, 4) is 11.3 Å². The highest BCUT2D eigenvalue weighted by molar-refractivity contribution is 7.92. The van der Waals surface area contributed by atoms with Crippen molar-refractivity contribution in [3.05, 3.63) is 65.4 Å². The second-order valence-corrected chi connectivity index (χ2v) is 9.19. The van der Waals surface area contributed by atoms with Gasteiger partial charge in [0.05, 0.1) is 28.5 Å². The van der Waals surface area contributed by atoms with Crippen molar-refractivity contribution in [1.29, 1.82) is 0 Å². The molecule has 8 heteroatoms. The maximum absolute atomic E-state index is 14.1. The summed E-state index contributed by atoms with van der Waals surface area (Å²) < 4.78 is 56.6. The predicted octanol–water partition coefficient (Wildman–Crippen LogP) is 4.32. The van der Waals surface area contributed by atoms with E-state index in [-0.39, 0.29) is 16.5 Å². The van der Waals surface area contributed by atoms with Crippen LogP contribution in [0.2, 0.25) is 0 Å². The molecule has 1 aliphatic heterocycles. The van der Waals surface area contributed by atoms with E-state index in [1.807, 2.05) is 6.92 Å². The van der Waals surface area contributed by atoms with E-state index in [0.717, 1.165) is 30.5 Å². The fourth-order valence-electron chi connectivity index (χ4n) is 3.89. The molecule has 1 saturated carbocycles. The van der Waals surface area contributed by atoms with E-state index in [2.05, 4.69) is 10.2 Å². The summed E-state index contributed by atoms with van der Waals surface area (Å²) in [5.41, 5.74) is 2.59. The summed E-state index contributed by atoms with van der Waals surface area (Å²) in [5.74, 6) is -2.00. The van der Waals surface area contributed by atoms with Crippen LogP contribution in [-0.4, -0.2) is 18.6 Å². The number of anilines is 1. The molecule has 1 N–H and O–H groups in total. The molecule has 1 fully saturated rings. The molecule has 2 aliphatic rings. The molecule has 3 aromatic rings. The SMILES string of the molecule is Cc1ccc(S(=O)(=O)N2c3cc(F)c(F)cc3-c3[nH]ncc3[C@H]2C2CC2)cc1. The number of hydrogen-bond acceptors (Lipinski definition) is 3. The van der Waals surface area contributed by atoms with Crippen LogP contribution in [0.15, 0.2) is 47.5 Å². The normalized spacial score (nSPS) is 18.7. The molecule has 28 heavy (non-hydrogen) atoms. The Morgan fingerprint density at radius 3 is 2.46 bits per heavy atom. The zero-order valence-corrected chi connectivity index (χ0v) is 15.8. The van der Waals surface area contributed by atoms with Gasteiger partial charge in [0.15, 0.2) is 11.6 Å². The molecule has 144 valence electrons. The van der Waals surface area contributed by atoms with E-state index in [0.29, 0.717) is 16.8 Å². The summed E-state index contributed by atoms with van der Waals surface area (Å²) in [6.07, 6.45) is 3.32. The van der Waals surface area contributed by atoms with Gasteiger partial charge in [-0.2, -0.15) is 5.10 Å². The fourth-order valence-corrected chi connectivity index (χ4v) is 5.59. The Labute approximate surface area is 161 Å². The Balaban J connectivity index is 1.78. The molecule has 0 unspecified atom stereocenters. The van der Waals surface area contributed by atoms with E-state index >= 15 is 0 Å². The van der Waals surface area contributed by atoms with Gasteiger partial charge < -0.3 is 0 Å². The zero-order valence-electron chi connectivity index (χ0n) is 15.0. The van der Waals surface area contributed by atoms with Gasteiger partial charge in [-0.3, -0.25) is 9.40 Å². The Hall–Kier alpha value is -2.74. The van der Waals surface area contributed by atoms with Gasteiger partial charge in [-0.1, -0.05) is 17.7 Å². The summed E-state index contributed by atoms with van der Waals surface area (Å²) in [6, 6.07) is 8.02. The number of sulfonamides is 1. The van der Waals surface area contributed by atoms with Crippen LogP contribution in [-0.2, 0) is 10.0 Å². The largest absolute Gasteiger partial charge is 0.277 e. The first-order chi connectivity index (χ1) is 13.4. The fraction of sp³-hybridized carbons (Fsp3) is 0.250. The molecule has 1 atom stereocenters. The molecular weight excluding hydrogens is 384 g/mol. The lowest BCUT2D eigenvalue weighted by molar-refractivity contribution is 0.506. The topological polar surface area (TPSA) is 66.1 Å². The van der Waals surface area contributed by atoms with Gasteiger partial charge in [0.1, 0.15) is 0 Å². The minimum atomic E-state index is -3.99. The van der Waals surface area contributed by atoms with E-state index in [9.17, 15) is 17.2 Å². The van der Waals surface area contributed by atoms with Crippen molar-refractivity contribution >= 4 is 15.7 Å². The molecule has 1 aromatic heterocycles. The minimum absolute atomic E-state index is 0.109. The monoisotopic (exact) mass is 401 g/mol. The van der Waals surface area contributed by atoms with Crippen LogP contribution < -0.4 is 4.31 Å². The van der Waals surface area contributed by atoms with Crippen LogP contribution in [0.3, 0.4) is 0 Å². The van der Waals surface area contributed by atoms with Gasteiger partial charge in [0.25, 0.3) is 10.0 Å². The van der Waals surface area contributed by atoms with Crippen molar-refractivity contribution in [1.82, 2.24) is 10.2 Å². The van der Waals surface area contributed by atoms with Crippen LogP contribution in [0.4, 0.5) is 14.5 Å².